The van der Waals surface area contributed by atoms with Crippen molar-refractivity contribution >= 4 is 6.09 Å². The van der Waals surface area contributed by atoms with E-state index < -0.39 is 6.09 Å². The molecular formula is C9H18N2O2. The van der Waals surface area contributed by atoms with E-state index in [9.17, 15) is 4.79 Å². The van der Waals surface area contributed by atoms with Gasteiger partial charge in [-0.15, -0.1) is 0 Å². The first-order valence-corrected chi connectivity index (χ1v) is 4.80. The SMILES string of the molecule is CC1(CCNC(=O)O)CCNCC1. The summed E-state index contributed by atoms with van der Waals surface area (Å²) in [4.78, 5) is 10.2. The van der Waals surface area contributed by atoms with Gasteiger partial charge in [-0.2, -0.15) is 0 Å². The normalized spacial score (nSPS) is 21.0. The first-order chi connectivity index (χ1) is 6.12. The number of carboxylic acid groups (broad SMARTS) is 1. The molecule has 0 aromatic heterocycles. The topological polar surface area (TPSA) is 61.4 Å². The highest BCUT2D eigenvalue weighted by atomic mass is 16.4. The number of hydrogen-bond acceptors (Lipinski definition) is 2. The van der Waals surface area contributed by atoms with Gasteiger partial charge in [-0.1, -0.05) is 6.92 Å². The Labute approximate surface area is 78.7 Å². The van der Waals surface area contributed by atoms with E-state index >= 15 is 0 Å². The van der Waals surface area contributed by atoms with Gasteiger partial charge in [0.25, 0.3) is 0 Å². The van der Waals surface area contributed by atoms with Gasteiger partial charge < -0.3 is 15.7 Å². The van der Waals surface area contributed by atoms with E-state index in [2.05, 4.69) is 17.6 Å². The lowest BCUT2D eigenvalue weighted by Crippen LogP contribution is -2.37. The Kier molecular flexibility index (Phi) is 3.54. The van der Waals surface area contributed by atoms with E-state index in [0.29, 0.717) is 12.0 Å². The third-order valence-corrected chi connectivity index (χ3v) is 2.82. The fourth-order valence-corrected chi connectivity index (χ4v) is 1.75. The van der Waals surface area contributed by atoms with Crippen LogP contribution in [0.25, 0.3) is 0 Å². The van der Waals surface area contributed by atoms with Gasteiger partial charge in [0.05, 0.1) is 0 Å². The number of nitrogens with one attached hydrogen (secondary N) is 2. The Morgan fingerprint density at radius 2 is 2.15 bits per heavy atom. The molecule has 4 heteroatoms. The van der Waals surface area contributed by atoms with E-state index in [1.54, 1.807) is 0 Å². The number of carbonyl (C=O) groups is 1. The molecule has 0 aromatic carbocycles. The van der Waals surface area contributed by atoms with Gasteiger partial charge in [-0.05, 0) is 37.8 Å². The Morgan fingerprint density at radius 3 is 2.69 bits per heavy atom. The van der Waals surface area contributed by atoms with Crippen LogP contribution in [0.15, 0.2) is 0 Å². The summed E-state index contributed by atoms with van der Waals surface area (Å²) in [6, 6.07) is 0. The van der Waals surface area contributed by atoms with Crippen LogP contribution in [-0.2, 0) is 0 Å². The average molecular weight is 186 g/mol. The molecule has 0 bridgehead atoms. The zero-order chi connectivity index (χ0) is 9.73. The summed E-state index contributed by atoms with van der Waals surface area (Å²) in [6.45, 7) is 4.93. The van der Waals surface area contributed by atoms with Gasteiger partial charge in [0.15, 0.2) is 0 Å². The molecule has 1 fully saturated rings. The van der Waals surface area contributed by atoms with Crippen LogP contribution in [0, 0.1) is 5.41 Å². The molecule has 13 heavy (non-hydrogen) atoms. The van der Waals surface area contributed by atoms with Gasteiger partial charge in [0.2, 0.25) is 0 Å². The Morgan fingerprint density at radius 1 is 1.54 bits per heavy atom. The van der Waals surface area contributed by atoms with Crippen molar-refractivity contribution < 1.29 is 9.90 Å². The van der Waals surface area contributed by atoms with E-state index in [1.165, 1.54) is 0 Å². The zero-order valence-electron chi connectivity index (χ0n) is 8.10. The molecule has 1 aliphatic heterocycles. The third-order valence-electron chi connectivity index (χ3n) is 2.82. The summed E-state index contributed by atoms with van der Waals surface area (Å²) in [5.74, 6) is 0. The molecule has 1 aliphatic rings. The molecule has 4 nitrogen and oxygen atoms in total. The highest BCUT2D eigenvalue weighted by molar-refractivity contribution is 5.64. The maximum Gasteiger partial charge on any atom is 0.404 e. The van der Waals surface area contributed by atoms with Crippen LogP contribution in [0.3, 0.4) is 0 Å². The Bertz CT molecular complexity index is 176. The molecule has 0 aromatic rings. The highest BCUT2D eigenvalue weighted by Gasteiger charge is 2.25. The predicted octanol–water partition coefficient (Wildman–Crippen LogP) is 1.03. The van der Waals surface area contributed by atoms with Crippen LogP contribution in [0.4, 0.5) is 4.79 Å². The summed E-state index contributed by atoms with van der Waals surface area (Å²) in [5.41, 5.74) is 0.327. The lowest BCUT2D eigenvalue weighted by atomic mass is 9.78. The summed E-state index contributed by atoms with van der Waals surface area (Å²) < 4.78 is 0. The second kappa shape index (κ2) is 4.46. The molecule has 0 spiro atoms. The van der Waals surface area contributed by atoms with Crippen LogP contribution >= 0.6 is 0 Å². The fourth-order valence-electron chi connectivity index (χ4n) is 1.75. The van der Waals surface area contributed by atoms with Crippen molar-refractivity contribution in [2.45, 2.75) is 26.2 Å². The molecular weight excluding hydrogens is 168 g/mol. The van der Waals surface area contributed by atoms with Crippen molar-refractivity contribution in [1.29, 1.82) is 0 Å². The van der Waals surface area contributed by atoms with Gasteiger partial charge in [-0.25, -0.2) is 4.79 Å². The van der Waals surface area contributed by atoms with Crippen LogP contribution in [0.1, 0.15) is 26.2 Å². The lowest BCUT2D eigenvalue weighted by molar-refractivity contribution is 0.183. The van der Waals surface area contributed by atoms with Crippen LogP contribution in [0.5, 0.6) is 0 Å². The molecule has 0 unspecified atom stereocenters. The number of hydrogen-bond donors (Lipinski definition) is 3. The van der Waals surface area contributed by atoms with Crippen molar-refractivity contribution in [3.8, 4) is 0 Å². The van der Waals surface area contributed by atoms with Crippen molar-refractivity contribution in [2.24, 2.45) is 5.41 Å². The maximum atomic E-state index is 10.2. The van der Waals surface area contributed by atoms with Crippen LogP contribution in [0.2, 0.25) is 0 Å². The standard InChI is InChI=1S/C9H18N2O2/c1-9(2-5-10-6-3-9)4-7-11-8(12)13/h10-11H,2-7H2,1H3,(H,12,13). The average Bonchev–Trinajstić information content (AvgIpc) is 2.04. The largest absolute Gasteiger partial charge is 0.465 e. The first-order valence-electron chi connectivity index (χ1n) is 4.80. The lowest BCUT2D eigenvalue weighted by Gasteiger charge is -2.33. The molecule has 1 heterocycles. The second-order valence-electron chi connectivity index (χ2n) is 4.04. The van der Waals surface area contributed by atoms with Crippen LogP contribution in [-0.4, -0.2) is 30.8 Å². The number of amides is 1. The predicted molar refractivity (Wildman–Crippen MR) is 50.9 cm³/mol. The molecule has 0 aliphatic carbocycles. The minimum Gasteiger partial charge on any atom is -0.465 e. The zero-order valence-corrected chi connectivity index (χ0v) is 8.10. The minimum absolute atomic E-state index is 0.327. The summed E-state index contributed by atoms with van der Waals surface area (Å²) in [7, 11) is 0. The molecule has 1 rings (SSSR count). The van der Waals surface area contributed by atoms with Crippen molar-refractivity contribution in [2.75, 3.05) is 19.6 Å². The minimum atomic E-state index is -0.919. The molecule has 1 amide bonds. The Balaban J connectivity index is 2.21. The molecule has 0 saturated carbocycles. The van der Waals surface area contributed by atoms with Crippen molar-refractivity contribution in [3.05, 3.63) is 0 Å². The smallest absolute Gasteiger partial charge is 0.404 e. The fraction of sp³-hybridized carbons (Fsp3) is 0.889. The van der Waals surface area contributed by atoms with Crippen molar-refractivity contribution in [1.82, 2.24) is 10.6 Å². The summed E-state index contributed by atoms with van der Waals surface area (Å²) in [5, 5.41) is 14.1. The number of piperidine rings is 1. The van der Waals surface area contributed by atoms with Gasteiger partial charge >= 0.3 is 6.09 Å². The van der Waals surface area contributed by atoms with E-state index in [-0.39, 0.29) is 0 Å². The second-order valence-corrected chi connectivity index (χ2v) is 4.04. The molecule has 0 atom stereocenters. The summed E-state index contributed by atoms with van der Waals surface area (Å²) in [6.07, 6.45) is 2.32. The number of rotatable bonds is 3. The highest BCUT2D eigenvalue weighted by Crippen LogP contribution is 2.30. The maximum absolute atomic E-state index is 10.2. The monoisotopic (exact) mass is 186 g/mol. The van der Waals surface area contributed by atoms with E-state index in [1.807, 2.05) is 0 Å². The van der Waals surface area contributed by atoms with Gasteiger partial charge in [0.1, 0.15) is 0 Å². The van der Waals surface area contributed by atoms with E-state index in [0.717, 1.165) is 32.4 Å². The van der Waals surface area contributed by atoms with Crippen LogP contribution < -0.4 is 10.6 Å². The molecule has 1 saturated heterocycles. The van der Waals surface area contributed by atoms with Gasteiger partial charge in [0, 0.05) is 6.54 Å². The van der Waals surface area contributed by atoms with Crippen molar-refractivity contribution in [3.63, 3.8) is 0 Å². The quantitative estimate of drug-likeness (QED) is 0.617. The molecule has 3 N–H and O–H groups in total. The Hall–Kier alpha value is -0.770. The third kappa shape index (κ3) is 3.63. The van der Waals surface area contributed by atoms with E-state index in [4.69, 9.17) is 5.11 Å². The summed E-state index contributed by atoms with van der Waals surface area (Å²) >= 11 is 0. The first kappa shape index (κ1) is 10.3. The van der Waals surface area contributed by atoms with Gasteiger partial charge in [-0.3, -0.25) is 0 Å². The molecule has 0 radical (unpaired) electrons. The molecule has 76 valence electrons.